The van der Waals surface area contributed by atoms with E-state index in [0.717, 1.165) is 18.3 Å². The maximum Gasteiger partial charge on any atom is 0.168 e. The van der Waals surface area contributed by atoms with E-state index in [1.54, 1.807) is 17.9 Å². The molecule has 0 fully saturated rings. The van der Waals surface area contributed by atoms with E-state index in [1.165, 1.54) is 5.56 Å². The van der Waals surface area contributed by atoms with Gasteiger partial charge in [0.25, 0.3) is 0 Å². The van der Waals surface area contributed by atoms with Crippen molar-refractivity contribution < 1.29 is 4.79 Å². The second kappa shape index (κ2) is 4.09. The highest BCUT2D eigenvalue weighted by Crippen LogP contribution is 2.11. The number of aldehydes is 1. The van der Waals surface area contributed by atoms with Gasteiger partial charge in [-0.3, -0.25) is 9.48 Å². The van der Waals surface area contributed by atoms with E-state index >= 15 is 0 Å². The number of nitrogens with zero attached hydrogens (tertiary/aromatic N) is 2. The third kappa shape index (κ3) is 1.96. The number of rotatable bonds is 3. The first kappa shape index (κ1) is 9.65. The summed E-state index contributed by atoms with van der Waals surface area (Å²) in [5.41, 5.74) is 2.81. The molecule has 0 aliphatic rings. The Labute approximate surface area is 88.4 Å². The molecular weight excluding hydrogens is 188 g/mol. The first-order valence-electron chi connectivity index (χ1n) is 4.81. The molecule has 0 aliphatic carbocycles. The third-order valence-electron chi connectivity index (χ3n) is 2.41. The highest BCUT2D eigenvalue weighted by molar-refractivity contribution is 5.74. The maximum atomic E-state index is 10.8. The Kier molecular flexibility index (Phi) is 2.63. The molecule has 15 heavy (non-hydrogen) atoms. The zero-order valence-corrected chi connectivity index (χ0v) is 8.55. The average Bonchev–Trinajstić information content (AvgIpc) is 2.61. The molecule has 0 aliphatic heterocycles. The van der Waals surface area contributed by atoms with Crippen LogP contribution >= 0.6 is 0 Å². The summed E-state index contributed by atoms with van der Waals surface area (Å²) in [6.45, 7) is 0. The smallest absolute Gasteiger partial charge is 0.168 e. The number of aryl methyl sites for hydroxylation is 1. The lowest BCUT2D eigenvalue weighted by Crippen LogP contribution is -1.99. The Bertz CT molecular complexity index is 460. The summed E-state index contributed by atoms with van der Waals surface area (Å²) in [5, 5.41) is 4.07. The van der Waals surface area contributed by atoms with Crippen molar-refractivity contribution in [3.05, 3.63) is 53.3 Å². The predicted molar refractivity (Wildman–Crippen MR) is 57.8 cm³/mol. The van der Waals surface area contributed by atoms with Crippen molar-refractivity contribution in [2.24, 2.45) is 7.05 Å². The van der Waals surface area contributed by atoms with Crippen molar-refractivity contribution in [3.63, 3.8) is 0 Å². The van der Waals surface area contributed by atoms with E-state index in [1.807, 2.05) is 30.3 Å². The molecule has 0 N–H and O–H groups in total. The lowest BCUT2D eigenvalue weighted by atomic mass is 10.1. The van der Waals surface area contributed by atoms with Crippen LogP contribution in [-0.2, 0) is 13.5 Å². The van der Waals surface area contributed by atoms with Gasteiger partial charge in [0, 0.05) is 19.0 Å². The fourth-order valence-corrected chi connectivity index (χ4v) is 1.60. The number of carbonyl (C=O) groups is 1. The van der Waals surface area contributed by atoms with Crippen LogP contribution in [0, 0.1) is 0 Å². The number of aromatic nitrogens is 2. The van der Waals surface area contributed by atoms with Gasteiger partial charge in [-0.25, -0.2) is 0 Å². The van der Waals surface area contributed by atoms with Gasteiger partial charge in [-0.15, -0.1) is 0 Å². The fraction of sp³-hybridized carbons (Fsp3) is 0.167. The molecule has 0 saturated carbocycles. The van der Waals surface area contributed by atoms with Crippen LogP contribution in [0.1, 0.15) is 21.6 Å². The fourth-order valence-electron chi connectivity index (χ4n) is 1.60. The molecule has 0 bridgehead atoms. The average molecular weight is 200 g/mol. The highest BCUT2D eigenvalue weighted by Gasteiger charge is 2.07. The molecule has 0 amide bonds. The Balaban J connectivity index is 2.28. The minimum Gasteiger partial charge on any atom is -0.296 e. The Morgan fingerprint density at radius 1 is 1.33 bits per heavy atom. The summed E-state index contributed by atoms with van der Waals surface area (Å²) >= 11 is 0. The zero-order chi connectivity index (χ0) is 10.7. The minimum absolute atomic E-state index is 0.652. The van der Waals surface area contributed by atoms with Gasteiger partial charge in [-0.05, 0) is 5.56 Å². The van der Waals surface area contributed by atoms with E-state index in [-0.39, 0.29) is 0 Å². The molecule has 0 unspecified atom stereocenters. The van der Waals surface area contributed by atoms with Crippen LogP contribution in [0.2, 0.25) is 0 Å². The Hall–Kier alpha value is -1.90. The topological polar surface area (TPSA) is 34.9 Å². The SMILES string of the molecule is Cn1ncc(Cc2ccccc2)c1C=O. The van der Waals surface area contributed by atoms with Crippen LogP contribution in [0.15, 0.2) is 36.5 Å². The normalized spacial score (nSPS) is 10.2. The number of carbonyl (C=O) groups excluding carboxylic acids is 1. The quantitative estimate of drug-likeness (QED) is 0.708. The van der Waals surface area contributed by atoms with Crippen LogP contribution in [0.5, 0.6) is 0 Å². The summed E-state index contributed by atoms with van der Waals surface area (Å²) < 4.78 is 1.60. The van der Waals surface area contributed by atoms with Crippen molar-refractivity contribution in [2.75, 3.05) is 0 Å². The standard InChI is InChI=1S/C12H12N2O/c1-14-12(9-15)11(8-13-14)7-10-5-3-2-4-6-10/h2-6,8-9H,7H2,1H3. The molecule has 1 aromatic carbocycles. The number of hydrogen-bond donors (Lipinski definition) is 0. The molecule has 2 rings (SSSR count). The summed E-state index contributed by atoms with van der Waals surface area (Å²) in [6.07, 6.45) is 3.35. The third-order valence-corrected chi connectivity index (χ3v) is 2.41. The largest absolute Gasteiger partial charge is 0.296 e. The molecule has 0 radical (unpaired) electrons. The minimum atomic E-state index is 0.652. The van der Waals surface area contributed by atoms with E-state index < -0.39 is 0 Å². The van der Waals surface area contributed by atoms with Gasteiger partial charge in [-0.1, -0.05) is 30.3 Å². The van der Waals surface area contributed by atoms with Crippen LogP contribution < -0.4 is 0 Å². The summed E-state index contributed by atoms with van der Waals surface area (Å²) in [4.78, 5) is 10.8. The number of benzene rings is 1. The van der Waals surface area contributed by atoms with Crippen LogP contribution in [0.25, 0.3) is 0 Å². The molecule has 2 aromatic rings. The Morgan fingerprint density at radius 2 is 2.07 bits per heavy atom. The molecule has 3 heteroatoms. The van der Waals surface area contributed by atoms with Crippen molar-refractivity contribution in [2.45, 2.75) is 6.42 Å². The molecule has 1 aromatic heterocycles. The summed E-state index contributed by atoms with van der Waals surface area (Å²) in [5.74, 6) is 0. The van der Waals surface area contributed by atoms with Crippen LogP contribution in [-0.4, -0.2) is 16.1 Å². The van der Waals surface area contributed by atoms with Gasteiger partial charge in [0.15, 0.2) is 6.29 Å². The molecule has 0 atom stereocenters. The second-order valence-corrected chi connectivity index (χ2v) is 3.46. The molecule has 3 nitrogen and oxygen atoms in total. The van der Waals surface area contributed by atoms with Crippen LogP contribution in [0.4, 0.5) is 0 Å². The molecule has 0 saturated heterocycles. The molecule has 76 valence electrons. The van der Waals surface area contributed by atoms with Gasteiger partial charge in [0.2, 0.25) is 0 Å². The molecule has 1 heterocycles. The molecule has 0 spiro atoms. The summed E-state index contributed by atoms with van der Waals surface area (Å²) in [7, 11) is 1.78. The van der Waals surface area contributed by atoms with Crippen molar-refractivity contribution in [3.8, 4) is 0 Å². The van der Waals surface area contributed by atoms with Gasteiger partial charge < -0.3 is 0 Å². The van der Waals surface area contributed by atoms with Crippen molar-refractivity contribution in [1.82, 2.24) is 9.78 Å². The highest BCUT2D eigenvalue weighted by atomic mass is 16.1. The van der Waals surface area contributed by atoms with E-state index in [4.69, 9.17) is 0 Å². The van der Waals surface area contributed by atoms with E-state index in [9.17, 15) is 4.79 Å². The first-order chi connectivity index (χ1) is 7.31. The van der Waals surface area contributed by atoms with Gasteiger partial charge in [-0.2, -0.15) is 5.10 Å². The maximum absolute atomic E-state index is 10.8. The summed E-state index contributed by atoms with van der Waals surface area (Å²) in [6, 6.07) is 10.1. The lowest BCUT2D eigenvalue weighted by Gasteiger charge is -1.99. The van der Waals surface area contributed by atoms with E-state index in [0.29, 0.717) is 5.69 Å². The van der Waals surface area contributed by atoms with Crippen molar-refractivity contribution >= 4 is 6.29 Å². The first-order valence-corrected chi connectivity index (χ1v) is 4.81. The zero-order valence-electron chi connectivity index (χ0n) is 8.55. The van der Waals surface area contributed by atoms with Gasteiger partial charge in [0.1, 0.15) is 5.69 Å². The van der Waals surface area contributed by atoms with Crippen molar-refractivity contribution in [1.29, 1.82) is 0 Å². The predicted octanol–water partition coefficient (Wildman–Crippen LogP) is 1.82. The monoisotopic (exact) mass is 200 g/mol. The Morgan fingerprint density at radius 3 is 2.73 bits per heavy atom. The molecular formula is C12H12N2O. The second-order valence-electron chi connectivity index (χ2n) is 3.46. The van der Waals surface area contributed by atoms with Crippen LogP contribution in [0.3, 0.4) is 0 Å². The van der Waals surface area contributed by atoms with Gasteiger partial charge in [0.05, 0.1) is 6.20 Å². The lowest BCUT2D eigenvalue weighted by molar-refractivity contribution is 0.111. The van der Waals surface area contributed by atoms with E-state index in [2.05, 4.69) is 5.10 Å². The number of hydrogen-bond acceptors (Lipinski definition) is 2. The van der Waals surface area contributed by atoms with Gasteiger partial charge >= 0.3 is 0 Å².